The Hall–Kier alpha value is -11.8. The second kappa shape index (κ2) is 61.2. The van der Waals surface area contributed by atoms with Crippen LogP contribution in [0.5, 0.6) is 0 Å². The van der Waals surface area contributed by atoms with Crippen molar-refractivity contribution in [3.05, 3.63) is 412 Å². The molecule has 0 fully saturated rings. The van der Waals surface area contributed by atoms with E-state index in [9.17, 15) is 24.6 Å². The molecule has 0 aliphatic rings. The molecule has 0 saturated heterocycles. The topological polar surface area (TPSA) is 176 Å². The van der Waals surface area contributed by atoms with Crippen LogP contribution >= 0.6 is 0 Å². The van der Waals surface area contributed by atoms with Crippen molar-refractivity contribution < 1.29 is 110 Å². The molecule has 5 aromatic heterocycles. The summed E-state index contributed by atoms with van der Waals surface area (Å²) in [6, 6.07) is 112. The molecule has 0 atom stereocenters. The third-order valence-electron chi connectivity index (χ3n) is 22.8. The van der Waals surface area contributed by atoms with Crippen LogP contribution in [-0.4, -0.2) is 57.6 Å². The van der Waals surface area contributed by atoms with Crippen LogP contribution in [0, 0.1) is 126 Å². The van der Waals surface area contributed by atoms with Gasteiger partial charge >= 0.3 is 0 Å². The van der Waals surface area contributed by atoms with E-state index >= 15 is 0 Å². The van der Waals surface area contributed by atoms with Gasteiger partial charge in [0.2, 0.25) is 0 Å². The molecule has 16 rings (SSSR count). The molecule has 0 saturated carbocycles. The summed E-state index contributed by atoms with van der Waals surface area (Å²) in [4.78, 5) is 56.3. The summed E-state index contributed by atoms with van der Waals surface area (Å²) in [5, 5.41) is 31.0. The van der Waals surface area contributed by atoms with Crippen LogP contribution in [0.15, 0.2) is 321 Å². The zero-order valence-corrected chi connectivity index (χ0v) is 100. The Morgan fingerprint density at radius 2 is 0.701 bits per heavy atom. The molecule has 0 spiro atoms. The molecule has 16 aromatic rings. The van der Waals surface area contributed by atoms with Gasteiger partial charge in [0, 0.05) is 151 Å². The van der Waals surface area contributed by atoms with Gasteiger partial charge in [0.1, 0.15) is 5.76 Å². The van der Waals surface area contributed by atoms with E-state index in [-0.39, 0.29) is 120 Å². The van der Waals surface area contributed by atoms with Crippen LogP contribution in [0.4, 0.5) is 0 Å². The van der Waals surface area contributed by atoms with Crippen molar-refractivity contribution in [1.82, 2.24) is 24.9 Å². The zero-order chi connectivity index (χ0) is 104. The maximum absolute atomic E-state index is 11.5. The molecule has 3 N–H and O–H groups in total. The van der Waals surface area contributed by atoms with Crippen LogP contribution in [0.2, 0.25) is 0 Å². The van der Waals surface area contributed by atoms with Crippen molar-refractivity contribution in [1.29, 1.82) is 0 Å². The van der Waals surface area contributed by atoms with Crippen LogP contribution in [0.3, 0.4) is 0 Å². The van der Waals surface area contributed by atoms with E-state index in [0.29, 0.717) is 42.4 Å². The number of aromatic nitrogens is 5. The van der Waals surface area contributed by atoms with E-state index in [1.165, 1.54) is 121 Å². The van der Waals surface area contributed by atoms with Gasteiger partial charge in [-0.05, 0) is 191 Å². The predicted octanol–water partition coefficient (Wildman–Crippen LogP) is 34.5. The standard InChI is InChI=1S/2C28H28N.C21H22N.C17H12N.C11H8N.2C11H20O2.C5H8O2.4Ir/c2*1-18(2)12-24-17-28(25-14-20(4)13-21(5)15-25)29-27-11-10-23(16-26(24)27)22-8-6-19(3)7-9-22;1-14(2)9-17-13-21(18-11-15(3)10-16(4)12-18)22-20-8-6-5-7-19(17)20;1-3-7-14(8-4-1)16-11-12-17(18-13-16)15-9-5-2-6-10-15;1-2-6-10(7-3-1)11-8-4-5-9-12-11;1-10(2,3)8(12)7-9(13)11(4,5)6;1-8(2)5-10(12)7-11(13)6-9(3)4;1-4(6)3-5(2)7;;;;/h2*6-11,13-14,16-18H,12H2,1-5H3;5-8,10-11,13-14H,9H2,1-4H3;1-9,11-13H;1-6,8-9H;7,12H,1-6H3;7-9,12H,5-6H2,1-4H3;3,6H,1-2H3;;;;/q5*-1;;;;;;;. The number of fused-ring (bicyclic) bond motifs is 3. The fourth-order valence-corrected chi connectivity index (χ4v) is 16.0. The third-order valence-corrected chi connectivity index (χ3v) is 22.8. The first-order valence-corrected chi connectivity index (χ1v) is 49.8. The van der Waals surface area contributed by atoms with Crippen molar-refractivity contribution in [2.24, 2.45) is 40.4 Å². The van der Waals surface area contributed by atoms with Gasteiger partial charge in [-0.2, -0.15) is 0 Å². The number of pyridine rings is 5. The molecule has 11 nitrogen and oxygen atoms in total. The number of allylic oxidation sites excluding steroid dienone is 6. The fourth-order valence-electron chi connectivity index (χ4n) is 16.0. The molecule has 0 aliphatic carbocycles. The minimum Gasteiger partial charge on any atom is -0.512 e. The number of hydrogen-bond acceptors (Lipinski definition) is 11. The summed E-state index contributed by atoms with van der Waals surface area (Å²) in [6.07, 6.45) is 11.8. The Bertz CT molecular complexity index is 6620. The molecular weight excluding hydrogens is 2520 g/mol. The number of rotatable bonds is 21. The molecule has 147 heavy (non-hydrogen) atoms. The second-order valence-electron chi connectivity index (χ2n) is 41.4. The summed E-state index contributed by atoms with van der Waals surface area (Å²) in [7, 11) is 0. The van der Waals surface area contributed by atoms with E-state index in [0.717, 1.165) is 114 Å². The molecule has 0 unspecified atom stereocenters. The number of aliphatic hydroxyl groups excluding tert-OH is 3. The van der Waals surface area contributed by atoms with Crippen molar-refractivity contribution in [3.63, 3.8) is 0 Å². The Morgan fingerprint density at radius 1 is 0.327 bits per heavy atom. The number of nitrogens with zero attached hydrogens (tertiary/aromatic N) is 5. The average Bonchev–Trinajstić information content (AvgIpc) is 0.785. The summed E-state index contributed by atoms with van der Waals surface area (Å²) in [5.41, 5.74) is 33.9. The molecular formula is C132H146Ir4N5O6-5. The minimum atomic E-state index is -0.417. The smallest absolute Gasteiger partial charge is 0.164 e. The number of benzene rings is 11. The summed E-state index contributed by atoms with van der Waals surface area (Å²) in [6.45, 7) is 52.5. The Morgan fingerprint density at radius 3 is 1.05 bits per heavy atom. The van der Waals surface area contributed by atoms with Gasteiger partial charge < -0.3 is 25.3 Å². The molecule has 11 aromatic carbocycles. The number of aliphatic hydroxyl groups is 3. The van der Waals surface area contributed by atoms with Crippen molar-refractivity contribution in [3.8, 4) is 89.7 Å². The molecule has 15 heteroatoms. The van der Waals surface area contributed by atoms with Crippen molar-refractivity contribution in [2.75, 3.05) is 0 Å². The van der Waals surface area contributed by atoms with Crippen LogP contribution in [0.25, 0.3) is 122 Å². The molecule has 4 radical (unpaired) electrons. The molecule has 0 amide bonds. The Labute approximate surface area is 931 Å². The van der Waals surface area contributed by atoms with Gasteiger partial charge in [-0.1, -0.05) is 315 Å². The van der Waals surface area contributed by atoms with Gasteiger partial charge in [0.25, 0.3) is 0 Å². The first kappa shape index (κ1) is 126. The van der Waals surface area contributed by atoms with E-state index in [1.54, 1.807) is 6.20 Å². The monoisotopic (exact) mass is 2670 g/mol. The largest absolute Gasteiger partial charge is 0.512 e. The number of carbonyl (C=O) groups excluding carboxylic acids is 3. The maximum Gasteiger partial charge on any atom is 0.164 e. The number of para-hydroxylation sites is 1. The van der Waals surface area contributed by atoms with Gasteiger partial charge in [-0.15, -0.1) is 176 Å². The van der Waals surface area contributed by atoms with Crippen molar-refractivity contribution in [2.45, 2.75) is 212 Å². The zero-order valence-electron chi connectivity index (χ0n) is 90.4. The van der Waals surface area contributed by atoms with Gasteiger partial charge in [-0.3, -0.25) is 29.3 Å². The Balaban J connectivity index is 0.000000304. The normalized spacial score (nSPS) is 11.2. The second-order valence-corrected chi connectivity index (χ2v) is 41.4. The summed E-state index contributed by atoms with van der Waals surface area (Å²) in [5.74, 6) is 2.81. The molecule has 776 valence electrons. The van der Waals surface area contributed by atoms with Crippen molar-refractivity contribution >= 4 is 50.1 Å². The number of hydrogen-bond donors (Lipinski definition) is 3. The first-order valence-electron chi connectivity index (χ1n) is 49.8. The Kier molecular flexibility index (Phi) is 52.3. The van der Waals surface area contributed by atoms with Crippen LogP contribution in [-0.2, 0) is 114 Å². The molecule has 5 heterocycles. The molecule has 0 bridgehead atoms. The predicted molar refractivity (Wildman–Crippen MR) is 601 cm³/mol. The average molecular weight is 2670 g/mol. The van der Waals surface area contributed by atoms with Gasteiger partial charge in [0.05, 0.1) is 28.1 Å². The quantitative estimate of drug-likeness (QED) is 0.0354. The molecule has 0 aliphatic heterocycles. The van der Waals surface area contributed by atoms with Gasteiger partial charge in [0.15, 0.2) is 17.3 Å². The SMILES string of the molecule is CC(=O)C=C(C)O.CC(C)(C)C(=O)C=C(O)C(C)(C)C.CC(C)CC(=O)C=C(O)CC(C)C.Cc1[c-]c(-c2cc(CC(C)C)c3cc(-c4ccc(C)cc4)ccc3n2)cc(C)c1.Cc1[c-]c(-c2cc(CC(C)C)c3cc(-c4ccc(C)cc4)ccc3n2)cc(C)c1.Cc1[c-]c(-c2cc(CC(C)C)c3ccccc3n2)cc(C)c1.[Ir].[Ir].[Ir].[Ir].[c-]1ccccc1-c1ccc(-c2ccccc2)cn1.[c-]1ccccc1-c1ccccn1. The fraction of sp³-hybridized carbons (Fsp3) is 0.288. The number of ketones is 3. The van der Waals surface area contributed by atoms with E-state index in [1.807, 2.05) is 166 Å². The van der Waals surface area contributed by atoms with E-state index < -0.39 is 5.41 Å². The maximum atomic E-state index is 11.5. The third kappa shape index (κ3) is 42.4. The van der Waals surface area contributed by atoms with Crippen LogP contribution in [0.1, 0.15) is 199 Å². The first-order chi connectivity index (χ1) is 67.8. The summed E-state index contributed by atoms with van der Waals surface area (Å²) >= 11 is 0. The van der Waals surface area contributed by atoms with E-state index in [2.05, 4.69) is 319 Å². The number of carbonyl (C=O) groups is 3. The summed E-state index contributed by atoms with van der Waals surface area (Å²) < 4.78 is 0. The van der Waals surface area contributed by atoms with E-state index in [4.69, 9.17) is 20.1 Å². The number of aryl methyl sites for hydroxylation is 8. The minimum absolute atomic E-state index is 0. The van der Waals surface area contributed by atoms with Crippen LogP contribution < -0.4 is 0 Å². The van der Waals surface area contributed by atoms with Gasteiger partial charge in [-0.25, -0.2) is 0 Å².